The Morgan fingerprint density at radius 3 is 2.76 bits per heavy atom. The van der Waals surface area contributed by atoms with Crippen LogP contribution in [0.2, 0.25) is 0 Å². The van der Waals surface area contributed by atoms with Crippen molar-refractivity contribution in [3.05, 3.63) is 47.2 Å². The van der Waals surface area contributed by atoms with Crippen LogP contribution in [0.25, 0.3) is 0 Å². The Hall–Kier alpha value is -2.43. The minimum Gasteiger partial charge on any atom is -0.360 e. The summed E-state index contributed by atoms with van der Waals surface area (Å²) in [6.07, 6.45) is 0.790. The number of nitrogens with zero attached hydrogens (tertiary/aromatic N) is 2. The second-order valence-corrected chi connectivity index (χ2v) is 5.46. The lowest BCUT2D eigenvalue weighted by Crippen LogP contribution is -2.31. The minimum absolute atomic E-state index is 0.199. The predicted octanol–water partition coefficient (Wildman–Crippen LogP) is 2.41. The summed E-state index contributed by atoms with van der Waals surface area (Å²) in [7, 11) is 0. The first-order valence-electron chi connectivity index (χ1n) is 6.90. The number of aromatic nitrogens is 1. The van der Waals surface area contributed by atoms with Crippen LogP contribution in [0.15, 0.2) is 34.9 Å². The van der Waals surface area contributed by atoms with Gasteiger partial charge in [0.1, 0.15) is 5.76 Å². The number of benzene rings is 1. The van der Waals surface area contributed by atoms with Gasteiger partial charge < -0.3 is 4.52 Å². The fraction of sp³-hybridized carbons (Fsp3) is 0.312. The second-order valence-electron chi connectivity index (χ2n) is 5.46. The van der Waals surface area contributed by atoms with Crippen molar-refractivity contribution in [3.8, 4) is 0 Å². The molecule has 1 aliphatic rings. The topological polar surface area (TPSA) is 63.4 Å². The third kappa shape index (κ3) is 2.59. The molecule has 5 heteroatoms. The van der Waals surface area contributed by atoms with E-state index in [1.54, 1.807) is 13.0 Å². The zero-order valence-corrected chi connectivity index (χ0v) is 12.0. The molecule has 1 aromatic carbocycles. The molecule has 0 spiro atoms. The molecule has 2 aromatic rings. The highest BCUT2D eigenvalue weighted by Gasteiger charge is 2.40. The standard InChI is InChI=1S/C16H16N2O3/c1-10-4-3-5-12(6-10)8-13-9-15(19)18(16(13)20)14-7-11(2)21-17-14/h3-7,13H,8-9H2,1-2H3/t13-/m0/s1. The van der Waals surface area contributed by atoms with Crippen LogP contribution in [0, 0.1) is 19.8 Å². The molecule has 0 aliphatic carbocycles. The number of imide groups is 1. The lowest BCUT2D eigenvalue weighted by Gasteiger charge is -2.11. The predicted molar refractivity (Wildman–Crippen MR) is 76.7 cm³/mol. The van der Waals surface area contributed by atoms with Gasteiger partial charge in [-0.15, -0.1) is 0 Å². The van der Waals surface area contributed by atoms with E-state index in [2.05, 4.69) is 5.16 Å². The van der Waals surface area contributed by atoms with E-state index in [0.29, 0.717) is 12.2 Å². The summed E-state index contributed by atoms with van der Waals surface area (Å²) >= 11 is 0. The largest absolute Gasteiger partial charge is 0.360 e. The molecule has 1 atom stereocenters. The van der Waals surface area contributed by atoms with Crippen molar-refractivity contribution < 1.29 is 14.1 Å². The number of rotatable bonds is 3. The van der Waals surface area contributed by atoms with Crippen molar-refractivity contribution in [3.63, 3.8) is 0 Å². The average molecular weight is 284 g/mol. The highest BCUT2D eigenvalue weighted by molar-refractivity contribution is 6.20. The van der Waals surface area contributed by atoms with Crippen LogP contribution in [0.5, 0.6) is 0 Å². The van der Waals surface area contributed by atoms with Gasteiger partial charge in [-0.25, -0.2) is 4.90 Å². The molecular weight excluding hydrogens is 268 g/mol. The van der Waals surface area contributed by atoms with Crippen molar-refractivity contribution in [1.82, 2.24) is 5.16 Å². The molecule has 0 N–H and O–H groups in total. The van der Waals surface area contributed by atoms with Crippen LogP contribution in [0.3, 0.4) is 0 Å². The lowest BCUT2D eigenvalue weighted by atomic mass is 9.97. The zero-order valence-electron chi connectivity index (χ0n) is 12.0. The van der Waals surface area contributed by atoms with Crippen molar-refractivity contribution in [2.24, 2.45) is 5.92 Å². The highest BCUT2D eigenvalue weighted by Crippen LogP contribution is 2.28. The van der Waals surface area contributed by atoms with E-state index in [1.807, 2.05) is 31.2 Å². The molecule has 1 saturated heterocycles. The molecule has 0 unspecified atom stereocenters. The molecule has 5 nitrogen and oxygen atoms in total. The Bertz CT molecular complexity index is 705. The summed E-state index contributed by atoms with van der Waals surface area (Å²) in [6, 6.07) is 9.60. The molecule has 2 amide bonds. The van der Waals surface area contributed by atoms with Gasteiger partial charge in [0.2, 0.25) is 11.8 Å². The van der Waals surface area contributed by atoms with Crippen molar-refractivity contribution >= 4 is 17.6 Å². The SMILES string of the molecule is Cc1cccc(C[C@H]2CC(=O)N(c3cc(C)on3)C2=O)c1. The Morgan fingerprint density at radius 1 is 1.29 bits per heavy atom. The molecule has 0 bridgehead atoms. The van der Waals surface area contributed by atoms with Gasteiger partial charge in [-0.3, -0.25) is 9.59 Å². The quantitative estimate of drug-likeness (QED) is 0.812. The van der Waals surface area contributed by atoms with Crippen molar-refractivity contribution in [2.75, 3.05) is 4.90 Å². The number of carbonyl (C=O) groups excluding carboxylic acids is 2. The summed E-state index contributed by atoms with van der Waals surface area (Å²) in [5.74, 6) is 0.124. The molecule has 3 rings (SSSR count). The van der Waals surface area contributed by atoms with E-state index in [-0.39, 0.29) is 30.0 Å². The maximum Gasteiger partial charge on any atom is 0.239 e. The number of aryl methyl sites for hydroxylation is 2. The summed E-state index contributed by atoms with van der Waals surface area (Å²) in [5, 5.41) is 3.76. The summed E-state index contributed by atoms with van der Waals surface area (Å²) in [4.78, 5) is 25.7. The van der Waals surface area contributed by atoms with Gasteiger partial charge >= 0.3 is 0 Å². The fourth-order valence-corrected chi connectivity index (χ4v) is 2.68. The first-order valence-corrected chi connectivity index (χ1v) is 6.90. The summed E-state index contributed by atoms with van der Waals surface area (Å²) < 4.78 is 4.95. The Balaban J connectivity index is 1.80. The maximum absolute atomic E-state index is 12.4. The molecule has 0 radical (unpaired) electrons. The molecule has 108 valence electrons. The summed E-state index contributed by atoms with van der Waals surface area (Å²) in [5.41, 5.74) is 2.22. The summed E-state index contributed by atoms with van der Waals surface area (Å²) in [6.45, 7) is 3.74. The number of amides is 2. The van der Waals surface area contributed by atoms with Gasteiger partial charge in [0.15, 0.2) is 5.82 Å². The average Bonchev–Trinajstić information content (AvgIpc) is 2.94. The van der Waals surface area contributed by atoms with E-state index in [9.17, 15) is 9.59 Å². The Labute approximate surface area is 122 Å². The second kappa shape index (κ2) is 5.16. The van der Waals surface area contributed by atoms with E-state index in [4.69, 9.17) is 4.52 Å². The molecular formula is C16H16N2O3. The molecule has 1 aliphatic heterocycles. The van der Waals surface area contributed by atoms with E-state index in [0.717, 1.165) is 16.0 Å². The normalized spacial score (nSPS) is 18.6. The van der Waals surface area contributed by atoms with Gasteiger partial charge in [-0.1, -0.05) is 35.0 Å². The number of carbonyl (C=O) groups is 2. The molecule has 2 heterocycles. The molecule has 1 fully saturated rings. The number of anilines is 1. The highest BCUT2D eigenvalue weighted by atomic mass is 16.5. The third-order valence-electron chi connectivity index (χ3n) is 3.65. The van der Waals surface area contributed by atoms with Gasteiger partial charge in [-0.05, 0) is 25.8 Å². The van der Waals surface area contributed by atoms with Gasteiger partial charge in [0.05, 0.1) is 5.92 Å². The Morgan fingerprint density at radius 2 is 2.10 bits per heavy atom. The first-order chi connectivity index (χ1) is 10.0. The van der Waals surface area contributed by atoms with Gasteiger partial charge in [-0.2, -0.15) is 0 Å². The van der Waals surface area contributed by atoms with E-state index >= 15 is 0 Å². The fourth-order valence-electron chi connectivity index (χ4n) is 2.68. The van der Waals surface area contributed by atoms with Crippen LogP contribution in [-0.2, 0) is 16.0 Å². The van der Waals surface area contributed by atoms with Gasteiger partial charge in [0, 0.05) is 12.5 Å². The Kier molecular flexibility index (Phi) is 3.33. The number of hydrogen-bond acceptors (Lipinski definition) is 4. The van der Waals surface area contributed by atoms with E-state index < -0.39 is 0 Å². The molecule has 0 saturated carbocycles. The third-order valence-corrected chi connectivity index (χ3v) is 3.65. The first kappa shape index (κ1) is 13.5. The van der Waals surface area contributed by atoms with Crippen molar-refractivity contribution in [1.29, 1.82) is 0 Å². The van der Waals surface area contributed by atoms with Gasteiger partial charge in [0.25, 0.3) is 0 Å². The van der Waals surface area contributed by atoms with Crippen LogP contribution < -0.4 is 4.90 Å². The van der Waals surface area contributed by atoms with E-state index in [1.165, 1.54) is 0 Å². The monoisotopic (exact) mass is 284 g/mol. The number of hydrogen-bond donors (Lipinski definition) is 0. The lowest BCUT2D eigenvalue weighted by molar-refractivity contribution is -0.122. The van der Waals surface area contributed by atoms with Crippen LogP contribution in [-0.4, -0.2) is 17.0 Å². The minimum atomic E-state index is -0.323. The zero-order chi connectivity index (χ0) is 15.0. The van der Waals surface area contributed by atoms with Crippen LogP contribution in [0.4, 0.5) is 5.82 Å². The van der Waals surface area contributed by atoms with Crippen molar-refractivity contribution in [2.45, 2.75) is 26.7 Å². The van der Waals surface area contributed by atoms with Crippen LogP contribution >= 0.6 is 0 Å². The smallest absolute Gasteiger partial charge is 0.239 e. The molecule has 1 aromatic heterocycles. The maximum atomic E-state index is 12.4. The van der Waals surface area contributed by atoms with Crippen LogP contribution in [0.1, 0.15) is 23.3 Å². The molecule has 21 heavy (non-hydrogen) atoms.